The Morgan fingerprint density at radius 1 is 1.62 bits per heavy atom. The number of hydrogen-bond donors (Lipinski definition) is 0. The molecule has 16 heavy (non-hydrogen) atoms. The molecule has 0 unspecified atom stereocenters. The number of anilines is 1. The molecule has 0 spiro atoms. The summed E-state index contributed by atoms with van der Waals surface area (Å²) in [4.78, 5) is 18.6. The molecule has 4 heteroatoms. The maximum atomic E-state index is 11.2. The predicted molar refractivity (Wildman–Crippen MR) is 67.3 cm³/mol. The fourth-order valence-corrected chi connectivity index (χ4v) is 2.79. The molecule has 1 fully saturated rings. The summed E-state index contributed by atoms with van der Waals surface area (Å²) in [6, 6.07) is 0. The van der Waals surface area contributed by atoms with Gasteiger partial charge in [-0.25, -0.2) is 4.98 Å². The number of thiazole rings is 1. The van der Waals surface area contributed by atoms with Gasteiger partial charge in [0.2, 0.25) is 0 Å². The minimum Gasteiger partial charge on any atom is -0.348 e. The summed E-state index contributed by atoms with van der Waals surface area (Å²) in [5.74, 6) is 0.952. The molecule has 0 atom stereocenters. The van der Waals surface area contributed by atoms with Gasteiger partial charge in [-0.1, -0.05) is 17.8 Å². The van der Waals surface area contributed by atoms with Gasteiger partial charge in [-0.05, 0) is 25.7 Å². The average molecular weight is 238 g/mol. The van der Waals surface area contributed by atoms with Crippen molar-refractivity contribution in [1.82, 2.24) is 4.98 Å². The zero-order valence-electron chi connectivity index (χ0n) is 9.90. The van der Waals surface area contributed by atoms with Crippen molar-refractivity contribution in [3.63, 3.8) is 0 Å². The molecule has 0 aliphatic heterocycles. The summed E-state index contributed by atoms with van der Waals surface area (Å²) in [7, 11) is 0. The number of carbonyl (C=O) groups is 1. The largest absolute Gasteiger partial charge is 0.348 e. The van der Waals surface area contributed by atoms with Crippen LogP contribution >= 0.6 is 11.3 Å². The first kappa shape index (κ1) is 11.6. The van der Waals surface area contributed by atoms with E-state index in [4.69, 9.17) is 0 Å². The van der Waals surface area contributed by atoms with E-state index in [0.717, 1.165) is 29.0 Å². The maximum Gasteiger partial charge on any atom is 0.185 e. The molecule has 1 heterocycles. The Morgan fingerprint density at radius 2 is 2.38 bits per heavy atom. The minimum absolute atomic E-state index is 0.114. The van der Waals surface area contributed by atoms with Crippen LogP contribution in [-0.2, 0) is 0 Å². The van der Waals surface area contributed by atoms with Crippen molar-refractivity contribution in [3.05, 3.63) is 11.1 Å². The van der Waals surface area contributed by atoms with Crippen LogP contribution in [0.15, 0.2) is 6.20 Å². The third-order valence-corrected chi connectivity index (χ3v) is 4.36. The molecule has 3 nitrogen and oxygen atoms in total. The van der Waals surface area contributed by atoms with Gasteiger partial charge in [0.05, 0.1) is 11.1 Å². The van der Waals surface area contributed by atoms with E-state index in [9.17, 15) is 4.79 Å². The molecule has 0 aromatic carbocycles. The van der Waals surface area contributed by atoms with Gasteiger partial charge in [-0.3, -0.25) is 4.79 Å². The molecule has 0 bridgehead atoms. The van der Waals surface area contributed by atoms with E-state index in [1.54, 1.807) is 13.1 Å². The third-order valence-electron chi connectivity index (χ3n) is 3.20. The number of aromatic nitrogens is 1. The second kappa shape index (κ2) is 4.95. The molecule has 2 rings (SSSR count). The second-order valence-corrected chi connectivity index (χ2v) is 5.41. The standard InChI is InChI=1S/C12H18N2OS/c1-3-14(8-10-5-4-6-10)12-13-7-11(16-12)9(2)15/h7,10H,3-6,8H2,1-2H3. The Hall–Kier alpha value is -0.900. The third kappa shape index (κ3) is 2.43. The average Bonchev–Trinajstić information content (AvgIpc) is 2.65. The Kier molecular flexibility index (Phi) is 3.59. The highest BCUT2D eigenvalue weighted by molar-refractivity contribution is 7.17. The van der Waals surface area contributed by atoms with E-state index >= 15 is 0 Å². The highest BCUT2D eigenvalue weighted by Gasteiger charge is 2.21. The topological polar surface area (TPSA) is 33.2 Å². The number of hydrogen-bond acceptors (Lipinski definition) is 4. The molecule has 0 saturated heterocycles. The van der Waals surface area contributed by atoms with Gasteiger partial charge in [-0.15, -0.1) is 0 Å². The van der Waals surface area contributed by atoms with Crippen LogP contribution in [0.2, 0.25) is 0 Å². The van der Waals surface area contributed by atoms with Crippen molar-refractivity contribution in [1.29, 1.82) is 0 Å². The fourth-order valence-electron chi connectivity index (χ4n) is 1.90. The zero-order chi connectivity index (χ0) is 11.5. The van der Waals surface area contributed by atoms with Crippen LogP contribution in [0.3, 0.4) is 0 Å². The smallest absolute Gasteiger partial charge is 0.185 e. The lowest BCUT2D eigenvalue weighted by Gasteiger charge is -2.31. The Morgan fingerprint density at radius 3 is 2.81 bits per heavy atom. The minimum atomic E-state index is 0.114. The van der Waals surface area contributed by atoms with Gasteiger partial charge in [0, 0.05) is 20.0 Å². The van der Waals surface area contributed by atoms with Gasteiger partial charge >= 0.3 is 0 Å². The summed E-state index contributed by atoms with van der Waals surface area (Å²) < 4.78 is 0. The normalized spacial score (nSPS) is 15.9. The summed E-state index contributed by atoms with van der Waals surface area (Å²) in [5.41, 5.74) is 0. The maximum absolute atomic E-state index is 11.2. The summed E-state index contributed by atoms with van der Waals surface area (Å²) in [5, 5.41) is 1.000. The highest BCUT2D eigenvalue weighted by Crippen LogP contribution is 2.30. The molecular weight excluding hydrogens is 220 g/mol. The quantitative estimate of drug-likeness (QED) is 0.739. The second-order valence-electron chi connectivity index (χ2n) is 4.40. The Bertz CT molecular complexity index is 371. The van der Waals surface area contributed by atoms with Crippen molar-refractivity contribution in [2.75, 3.05) is 18.0 Å². The van der Waals surface area contributed by atoms with E-state index < -0.39 is 0 Å². The van der Waals surface area contributed by atoms with E-state index in [0.29, 0.717) is 0 Å². The van der Waals surface area contributed by atoms with Gasteiger partial charge in [0.25, 0.3) is 0 Å². The van der Waals surface area contributed by atoms with Crippen molar-refractivity contribution in [3.8, 4) is 0 Å². The number of nitrogens with zero attached hydrogens (tertiary/aromatic N) is 2. The van der Waals surface area contributed by atoms with Gasteiger partial charge in [-0.2, -0.15) is 0 Å². The van der Waals surface area contributed by atoms with Gasteiger partial charge in [0.1, 0.15) is 0 Å². The summed E-state index contributed by atoms with van der Waals surface area (Å²) >= 11 is 1.52. The molecule has 1 aromatic rings. The monoisotopic (exact) mass is 238 g/mol. The first-order valence-corrected chi connectivity index (χ1v) is 6.74. The SMILES string of the molecule is CCN(CC1CCC1)c1ncc(C(C)=O)s1. The lowest BCUT2D eigenvalue weighted by atomic mass is 9.85. The van der Waals surface area contributed by atoms with Crippen LogP contribution < -0.4 is 4.90 Å². The van der Waals surface area contributed by atoms with E-state index in [1.807, 2.05) is 0 Å². The number of Topliss-reactive ketones (excluding diaryl/α,β-unsaturated/α-hetero) is 1. The van der Waals surface area contributed by atoms with E-state index in [-0.39, 0.29) is 5.78 Å². The number of rotatable bonds is 5. The van der Waals surface area contributed by atoms with Crippen LogP contribution in [0.5, 0.6) is 0 Å². The molecule has 88 valence electrons. The molecule has 1 aromatic heterocycles. The molecule has 1 aliphatic carbocycles. The van der Waals surface area contributed by atoms with Crippen molar-refractivity contribution in [2.45, 2.75) is 33.1 Å². The predicted octanol–water partition coefficient (Wildman–Crippen LogP) is 2.97. The van der Waals surface area contributed by atoms with Crippen LogP contribution in [0.25, 0.3) is 0 Å². The zero-order valence-corrected chi connectivity index (χ0v) is 10.7. The van der Waals surface area contributed by atoms with Crippen LogP contribution in [0.1, 0.15) is 42.8 Å². The number of carbonyl (C=O) groups excluding carboxylic acids is 1. The Balaban J connectivity index is 2.03. The van der Waals surface area contributed by atoms with Gasteiger partial charge < -0.3 is 4.90 Å². The van der Waals surface area contributed by atoms with Crippen LogP contribution in [0, 0.1) is 5.92 Å². The molecular formula is C12H18N2OS. The van der Waals surface area contributed by atoms with Crippen molar-refractivity contribution >= 4 is 22.3 Å². The lowest BCUT2D eigenvalue weighted by Crippen LogP contribution is -2.32. The van der Waals surface area contributed by atoms with Crippen molar-refractivity contribution < 1.29 is 4.79 Å². The fraction of sp³-hybridized carbons (Fsp3) is 0.667. The molecule has 0 N–H and O–H groups in total. The highest BCUT2D eigenvalue weighted by atomic mass is 32.1. The first-order chi connectivity index (χ1) is 7.70. The van der Waals surface area contributed by atoms with Crippen LogP contribution in [0.4, 0.5) is 5.13 Å². The van der Waals surface area contributed by atoms with E-state index in [2.05, 4.69) is 16.8 Å². The summed E-state index contributed by atoms with van der Waals surface area (Å²) in [6.07, 6.45) is 5.77. The number of ketones is 1. The lowest BCUT2D eigenvalue weighted by molar-refractivity contribution is 0.102. The first-order valence-electron chi connectivity index (χ1n) is 5.92. The van der Waals surface area contributed by atoms with E-state index in [1.165, 1.54) is 30.6 Å². The molecule has 0 amide bonds. The summed E-state index contributed by atoms with van der Waals surface area (Å²) in [6.45, 7) is 5.82. The van der Waals surface area contributed by atoms with Crippen LogP contribution in [-0.4, -0.2) is 23.9 Å². The molecule has 1 aliphatic rings. The van der Waals surface area contributed by atoms with Crippen molar-refractivity contribution in [2.24, 2.45) is 5.92 Å². The Labute approximate surface area is 100 Å². The molecule has 1 saturated carbocycles. The van der Waals surface area contributed by atoms with Gasteiger partial charge in [0.15, 0.2) is 10.9 Å². The molecule has 0 radical (unpaired) electrons.